The molecule has 0 bridgehead atoms. The third-order valence-corrected chi connectivity index (χ3v) is 7.39. The van der Waals surface area contributed by atoms with Crippen LogP contribution < -0.4 is 5.46 Å². The van der Waals surface area contributed by atoms with Crippen LogP contribution in [-0.2, 0) is 10.1 Å². The lowest BCUT2D eigenvalue weighted by atomic mass is 9.75. The van der Waals surface area contributed by atoms with E-state index in [9.17, 15) is 5.11 Å². The summed E-state index contributed by atoms with van der Waals surface area (Å²) < 4.78 is 6.08. The Hall–Kier alpha value is -2.10. The predicted octanol–water partition coefficient (Wildman–Crippen LogP) is 5.15. The van der Waals surface area contributed by atoms with Crippen LogP contribution in [0.25, 0.3) is 16.7 Å². The number of allylic oxidation sites excluding steroid dienone is 4. The minimum Gasteiger partial charge on any atom is -0.427 e. The minimum atomic E-state index is -0.907. The van der Waals surface area contributed by atoms with Crippen molar-refractivity contribution >= 4 is 18.5 Å². The van der Waals surface area contributed by atoms with Crippen molar-refractivity contribution in [1.82, 2.24) is 0 Å². The monoisotopic (exact) mass is 400 g/mol. The van der Waals surface area contributed by atoms with Crippen LogP contribution in [0.1, 0.15) is 59.1 Å². The molecule has 0 amide bonds. The zero-order valence-electron chi connectivity index (χ0n) is 19.1. The first kappa shape index (κ1) is 21.1. The summed E-state index contributed by atoms with van der Waals surface area (Å²) in [7, 11) is 0.473. The molecule has 0 radical (unpaired) electrons. The third-order valence-electron chi connectivity index (χ3n) is 7.39. The molecule has 4 rings (SSSR count). The van der Waals surface area contributed by atoms with Crippen LogP contribution in [-0.4, -0.2) is 23.8 Å². The molecule has 0 spiro atoms. The van der Waals surface area contributed by atoms with Crippen molar-refractivity contribution in [2.24, 2.45) is 5.92 Å². The predicted molar refractivity (Wildman–Crippen MR) is 128 cm³/mol. The maximum Gasteiger partial charge on any atom is 0.309 e. The standard InChI is InChI=1S/C27H33BO2/c1-25(2)23-13-8-7-12-21(23)22-17-19(14-15-24(22)25)18-10-9-11-20(16-18)28-30-27(5,6)26(3,4)29/h7-12,14-17,23,28-29H,13H2,1-6H3. The zero-order valence-corrected chi connectivity index (χ0v) is 19.1. The second-order valence-corrected chi connectivity index (χ2v) is 10.4. The maximum atomic E-state index is 10.3. The normalized spacial score (nSPS) is 19.8. The summed E-state index contributed by atoms with van der Waals surface area (Å²) in [4.78, 5) is 0. The summed E-state index contributed by atoms with van der Waals surface area (Å²) in [5.74, 6) is 0.566. The topological polar surface area (TPSA) is 29.5 Å². The first-order valence-corrected chi connectivity index (χ1v) is 11.0. The number of aliphatic hydroxyl groups is 1. The molecule has 1 unspecified atom stereocenters. The van der Waals surface area contributed by atoms with Gasteiger partial charge in [0, 0.05) is 0 Å². The highest BCUT2D eigenvalue weighted by molar-refractivity contribution is 6.47. The van der Waals surface area contributed by atoms with E-state index >= 15 is 0 Å². The molecular formula is C27H33BO2. The summed E-state index contributed by atoms with van der Waals surface area (Å²) in [5, 5.41) is 10.3. The fourth-order valence-corrected chi connectivity index (χ4v) is 4.58. The highest BCUT2D eigenvalue weighted by Crippen LogP contribution is 2.53. The van der Waals surface area contributed by atoms with E-state index in [1.165, 1.54) is 27.8 Å². The van der Waals surface area contributed by atoms with Gasteiger partial charge in [0.15, 0.2) is 0 Å². The molecule has 1 atom stereocenters. The van der Waals surface area contributed by atoms with Gasteiger partial charge in [0.05, 0.1) is 11.2 Å². The maximum absolute atomic E-state index is 10.3. The van der Waals surface area contributed by atoms with Crippen molar-refractivity contribution in [3.05, 3.63) is 71.8 Å². The van der Waals surface area contributed by atoms with Gasteiger partial charge in [0.25, 0.3) is 0 Å². The molecule has 0 heterocycles. The quantitative estimate of drug-likeness (QED) is 0.704. The van der Waals surface area contributed by atoms with Crippen molar-refractivity contribution < 1.29 is 9.76 Å². The third kappa shape index (κ3) is 3.59. The highest BCUT2D eigenvalue weighted by Gasteiger charge is 2.42. The van der Waals surface area contributed by atoms with Crippen LogP contribution in [0.4, 0.5) is 0 Å². The van der Waals surface area contributed by atoms with E-state index in [2.05, 4.69) is 74.5 Å². The van der Waals surface area contributed by atoms with Crippen LogP contribution in [0.5, 0.6) is 0 Å². The van der Waals surface area contributed by atoms with Crippen molar-refractivity contribution in [3.8, 4) is 11.1 Å². The number of rotatable bonds is 5. The minimum absolute atomic E-state index is 0.169. The van der Waals surface area contributed by atoms with Gasteiger partial charge in [-0.2, -0.15) is 0 Å². The van der Waals surface area contributed by atoms with Crippen molar-refractivity contribution in [2.45, 2.75) is 64.6 Å². The summed E-state index contributed by atoms with van der Waals surface area (Å²) >= 11 is 0. The van der Waals surface area contributed by atoms with Gasteiger partial charge in [0.2, 0.25) is 0 Å². The van der Waals surface area contributed by atoms with E-state index in [4.69, 9.17) is 4.65 Å². The summed E-state index contributed by atoms with van der Waals surface area (Å²) in [5.41, 5.74) is 6.53. The fraction of sp³-hybridized carbons (Fsp3) is 0.407. The van der Waals surface area contributed by atoms with Gasteiger partial charge in [-0.05, 0) is 79.3 Å². The second kappa shape index (κ2) is 7.25. The van der Waals surface area contributed by atoms with E-state index in [1.54, 1.807) is 13.8 Å². The molecule has 156 valence electrons. The molecule has 0 aromatic heterocycles. The molecule has 0 aliphatic heterocycles. The Morgan fingerprint density at radius 1 is 1.03 bits per heavy atom. The lowest BCUT2D eigenvalue weighted by Crippen LogP contribution is -2.49. The van der Waals surface area contributed by atoms with Gasteiger partial charge in [-0.1, -0.05) is 73.9 Å². The van der Waals surface area contributed by atoms with Crippen LogP contribution in [0.3, 0.4) is 0 Å². The van der Waals surface area contributed by atoms with Gasteiger partial charge >= 0.3 is 7.48 Å². The first-order valence-electron chi connectivity index (χ1n) is 11.0. The van der Waals surface area contributed by atoms with E-state index in [1.807, 2.05) is 13.8 Å². The molecule has 0 saturated carbocycles. The molecular weight excluding hydrogens is 367 g/mol. The van der Waals surface area contributed by atoms with E-state index in [0.29, 0.717) is 13.4 Å². The lowest BCUT2D eigenvalue weighted by Gasteiger charge is -2.37. The molecule has 0 saturated heterocycles. The molecule has 3 heteroatoms. The van der Waals surface area contributed by atoms with Crippen molar-refractivity contribution in [2.75, 3.05) is 0 Å². The van der Waals surface area contributed by atoms with Crippen LogP contribution in [0.15, 0.2) is 60.7 Å². The molecule has 2 aliphatic rings. The molecule has 2 aromatic rings. The molecule has 1 N–H and O–H groups in total. The van der Waals surface area contributed by atoms with E-state index in [-0.39, 0.29) is 5.41 Å². The average Bonchev–Trinajstić information content (AvgIpc) is 2.93. The van der Waals surface area contributed by atoms with Gasteiger partial charge < -0.3 is 9.76 Å². The smallest absolute Gasteiger partial charge is 0.309 e. The average molecular weight is 400 g/mol. The van der Waals surface area contributed by atoms with Crippen molar-refractivity contribution in [3.63, 3.8) is 0 Å². The molecule has 2 aliphatic carbocycles. The molecule has 30 heavy (non-hydrogen) atoms. The van der Waals surface area contributed by atoms with Crippen molar-refractivity contribution in [1.29, 1.82) is 0 Å². The fourth-order valence-electron chi connectivity index (χ4n) is 4.58. The Labute approximate surface area is 182 Å². The SMILES string of the molecule is CC1(C)c2ccc(-c3cccc(BOC(C)(C)C(C)(C)O)c3)cc2C2=CC=CCC21. The zero-order chi connectivity index (χ0) is 21.7. The Kier molecular flexibility index (Phi) is 5.11. The Morgan fingerprint density at radius 3 is 2.50 bits per heavy atom. The van der Waals surface area contributed by atoms with Gasteiger partial charge in [-0.3, -0.25) is 0 Å². The molecule has 2 nitrogen and oxygen atoms in total. The van der Waals surface area contributed by atoms with Crippen LogP contribution in [0.2, 0.25) is 0 Å². The highest BCUT2D eigenvalue weighted by atomic mass is 16.5. The lowest BCUT2D eigenvalue weighted by molar-refractivity contribution is -0.0893. The first-order chi connectivity index (χ1) is 14.0. The van der Waals surface area contributed by atoms with Crippen LogP contribution in [0, 0.1) is 5.92 Å². The summed E-state index contributed by atoms with van der Waals surface area (Å²) in [6.07, 6.45) is 7.91. The van der Waals surface area contributed by atoms with E-state index < -0.39 is 11.2 Å². The van der Waals surface area contributed by atoms with Gasteiger partial charge in [0.1, 0.15) is 0 Å². The second-order valence-electron chi connectivity index (χ2n) is 10.4. The van der Waals surface area contributed by atoms with Crippen LogP contribution >= 0.6 is 0 Å². The Balaban J connectivity index is 1.63. The Bertz CT molecular complexity index is 1020. The Morgan fingerprint density at radius 2 is 1.77 bits per heavy atom. The summed E-state index contributed by atoms with van der Waals surface area (Å²) in [6, 6.07) is 15.5. The largest absolute Gasteiger partial charge is 0.427 e. The number of hydrogen-bond donors (Lipinski definition) is 1. The number of hydrogen-bond acceptors (Lipinski definition) is 2. The number of benzene rings is 2. The molecule has 2 aromatic carbocycles. The molecule has 0 fully saturated rings. The van der Waals surface area contributed by atoms with Gasteiger partial charge in [-0.25, -0.2) is 0 Å². The number of fused-ring (bicyclic) bond motifs is 3. The van der Waals surface area contributed by atoms with Gasteiger partial charge in [-0.15, -0.1) is 0 Å². The van der Waals surface area contributed by atoms with E-state index in [0.717, 1.165) is 11.9 Å². The summed E-state index contributed by atoms with van der Waals surface area (Å²) in [6.45, 7) is 12.2.